The van der Waals surface area contributed by atoms with Crippen LogP contribution in [0.25, 0.3) is 22.8 Å². The fourth-order valence-electron chi connectivity index (χ4n) is 3.27. The molecular weight excluding hydrogens is 474 g/mol. The van der Waals surface area contributed by atoms with E-state index in [0.29, 0.717) is 41.0 Å². The van der Waals surface area contributed by atoms with Crippen molar-refractivity contribution in [2.75, 3.05) is 17.6 Å². The third-order valence-electron chi connectivity index (χ3n) is 4.95. The summed E-state index contributed by atoms with van der Waals surface area (Å²) >= 11 is 3.97. The van der Waals surface area contributed by atoms with Crippen LogP contribution >= 0.6 is 11.6 Å². The molecule has 0 aliphatic rings. The van der Waals surface area contributed by atoms with Gasteiger partial charge >= 0.3 is 0 Å². The van der Waals surface area contributed by atoms with E-state index in [1.807, 2.05) is 30.3 Å². The van der Waals surface area contributed by atoms with Gasteiger partial charge in [0, 0.05) is 46.2 Å². The smallest absolute Gasteiger partial charge is 0.255 e. The van der Waals surface area contributed by atoms with Gasteiger partial charge in [0.15, 0.2) is 11.6 Å². The van der Waals surface area contributed by atoms with Gasteiger partial charge in [0.25, 0.3) is 5.91 Å². The van der Waals surface area contributed by atoms with Crippen LogP contribution in [0.1, 0.15) is 15.9 Å². The summed E-state index contributed by atoms with van der Waals surface area (Å²) in [4.78, 5) is 17.2. The maximum atomic E-state index is 12.7. The molecule has 0 radical (unpaired) electrons. The normalized spacial score (nSPS) is 11.8. The quantitative estimate of drug-likeness (QED) is 0.238. The van der Waals surface area contributed by atoms with Crippen LogP contribution in [0.3, 0.4) is 0 Å². The zero-order chi connectivity index (χ0) is 23.9. The highest BCUT2D eigenvalue weighted by atomic mass is 35.5. The van der Waals surface area contributed by atoms with Gasteiger partial charge < -0.3 is 15.2 Å². The molecule has 0 fully saturated rings. The maximum Gasteiger partial charge on any atom is 0.255 e. The van der Waals surface area contributed by atoms with E-state index in [1.165, 1.54) is 0 Å². The summed E-state index contributed by atoms with van der Waals surface area (Å²) in [6.45, 7) is 0.825. The average Bonchev–Trinajstić information content (AvgIpc) is 3.33. The van der Waals surface area contributed by atoms with E-state index in [0.717, 1.165) is 16.7 Å². The highest BCUT2D eigenvalue weighted by Crippen LogP contribution is 2.23. The van der Waals surface area contributed by atoms with Crippen LogP contribution in [-0.4, -0.2) is 42.1 Å². The van der Waals surface area contributed by atoms with Crippen molar-refractivity contribution in [3.63, 3.8) is 0 Å². The molecule has 3 N–H and O–H groups in total. The Hall–Kier alpha value is -3.37. The Balaban J connectivity index is 1.38. The van der Waals surface area contributed by atoms with Gasteiger partial charge in [-0.2, -0.15) is 5.10 Å². The van der Waals surface area contributed by atoms with Gasteiger partial charge in [0.1, 0.15) is 0 Å². The van der Waals surface area contributed by atoms with Gasteiger partial charge in [-0.3, -0.25) is 14.1 Å². The number of aromatic amines is 1. The van der Waals surface area contributed by atoms with E-state index < -0.39 is 11.1 Å². The molecule has 10 heteroatoms. The Morgan fingerprint density at radius 1 is 1.03 bits per heavy atom. The Labute approximate surface area is 204 Å². The van der Waals surface area contributed by atoms with E-state index in [1.54, 1.807) is 42.5 Å². The molecule has 174 valence electrons. The molecule has 0 saturated carbocycles. The second-order valence-corrected chi connectivity index (χ2v) is 8.89. The number of carbonyl (C=O) groups excluding carboxylic acids is 1. The van der Waals surface area contributed by atoms with Gasteiger partial charge in [-0.15, -0.1) is 0 Å². The number of hydrogen-bond donors (Lipinski definition) is 3. The summed E-state index contributed by atoms with van der Waals surface area (Å²) in [5.41, 5.74) is 3.69. The van der Waals surface area contributed by atoms with Gasteiger partial charge in [-0.25, -0.2) is 4.98 Å². The van der Waals surface area contributed by atoms with Crippen LogP contribution in [0.5, 0.6) is 0 Å². The highest BCUT2D eigenvalue weighted by Gasteiger charge is 2.10. The minimum atomic E-state index is -2.07. The number of nitrogens with one attached hydrogen (secondary N) is 3. The number of carbonyl (C=O) groups is 1. The third-order valence-corrected chi connectivity index (χ3v) is 5.72. The van der Waals surface area contributed by atoms with Gasteiger partial charge in [0.2, 0.25) is 0 Å². The van der Waals surface area contributed by atoms with Crippen molar-refractivity contribution in [2.24, 2.45) is 0 Å². The van der Waals surface area contributed by atoms with Gasteiger partial charge in [-0.1, -0.05) is 46.9 Å². The molecule has 0 aliphatic heterocycles. The summed E-state index contributed by atoms with van der Waals surface area (Å²) in [5, 5.41) is 13.7. The zero-order valence-electron chi connectivity index (χ0n) is 18.0. The van der Waals surface area contributed by atoms with Crippen molar-refractivity contribution in [1.82, 2.24) is 20.5 Å². The Kier molecular flexibility index (Phi) is 7.81. The molecule has 4 rings (SSSR count). The standard InChI is InChI=1S/C24H22ClN5O3S/c25-20-6-2-4-18(14-20)23-28-22(29-30-23)17-7-9-21(10-8-17)27-24(31)19-5-1-3-16(13-19)15-26-11-12-34(32)33/h1-10,13-14,26H,11-12,15H2,(H,27,31)(H,32,33)(H,28,29,30)/p-1. The van der Waals surface area contributed by atoms with Crippen molar-refractivity contribution in [2.45, 2.75) is 6.54 Å². The molecule has 1 heterocycles. The lowest BCUT2D eigenvalue weighted by Gasteiger charge is -2.09. The molecule has 1 atom stereocenters. The summed E-state index contributed by atoms with van der Waals surface area (Å²) in [6.07, 6.45) is 0. The first-order chi connectivity index (χ1) is 16.5. The molecule has 1 aromatic heterocycles. The molecule has 0 aliphatic carbocycles. The molecule has 8 nitrogen and oxygen atoms in total. The summed E-state index contributed by atoms with van der Waals surface area (Å²) in [5.74, 6) is 0.962. The first-order valence-electron chi connectivity index (χ1n) is 10.4. The van der Waals surface area contributed by atoms with Crippen molar-refractivity contribution in [1.29, 1.82) is 0 Å². The van der Waals surface area contributed by atoms with Crippen molar-refractivity contribution in [3.05, 3.63) is 88.9 Å². The number of halogens is 1. The lowest BCUT2D eigenvalue weighted by molar-refractivity contribution is 0.102. The van der Waals surface area contributed by atoms with E-state index in [-0.39, 0.29) is 11.7 Å². The monoisotopic (exact) mass is 494 g/mol. The molecule has 1 amide bonds. The highest BCUT2D eigenvalue weighted by molar-refractivity contribution is 7.79. The lowest BCUT2D eigenvalue weighted by Crippen LogP contribution is -2.20. The van der Waals surface area contributed by atoms with Crippen LogP contribution in [-0.2, 0) is 17.6 Å². The SMILES string of the molecule is O=C(Nc1ccc(-c2nc(-c3cccc(Cl)c3)n[nH]2)cc1)c1cccc(CNCCS(=O)[O-])c1. The molecule has 0 spiro atoms. The summed E-state index contributed by atoms with van der Waals surface area (Å²) < 4.78 is 21.2. The van der Waals surface area contributed by atoms with Gasteiger partial charge in [0.05, 0.1) is 0 Å². The fraction of sp³-hybridized carbons (Fsp3) is 0.125. The lowest BCUT2D eigenvalue weighted by atomic mass is 10.1. The molecule has 34 heavy (non-hydrogen) atoms. The van der Waals surface area contributed by atoms with Crippen LogP contribution < -0.4 is 10.6 Å². The van der Waals surface area contributed by atoms with Crippen molar-refractivity contribution < 1.29 is 13.6 Å². The number of rotatable bonds is 9. The Morgan fingerprint density at radius 2 is 1.82 bits per heavy atom. The minimum absolute atomic E-state index is 0.0478. The van der Waals surface area contributed by atoms with Crippen LogP contribution in [0, 0.1) is 0 Å². The number of H-pyrrole nitrogens is 1. The number of benzene rings is 3. The zero-order valence-corrected chi connectivity index (χ0v) is 19.5. The summed E-state index contributed by atoms with van der Waals surface area (Å²) in [7, 11) is 0. The number of anilines is 1. The predicted octanol–water partition coefficient (Wildman–Crippen LogP) is 4.01. The Bertz CT molecular complexity index is 1310. The molecule has 0 bridgehead atoms. The fourth-order valence-corrected chi connectivity index (χ4v) is 3.77. The number of hydrogen-bond acceptors (Lipinski definition) is 6. The molecule has 3 aromatic carbocycles. The van der Waals surface area contributed by atoms with Crippen LogP contribution in [0.4, 0.5) is 5.69 Å². The minimum Gasteiger partial charge on any atom is -0.772 e. The first kappa shape index (κ1) is 23.8. The number of amides is 1. The van der Waals surface area contributed by atoms with Gasteiger partial charge in [-0.05, 0) is 54.1 Å². The molecule has 4 aromatic rings. The molecule has 1 unspecified atom stereocenters. The largest absolute Gasteiger partial charge is 0.772 e. The van der Waals surface area contributed by atoms with E-state index in [9.17, 15) is 13.6 Å². The van der Waals surface area contributed by atoms with Crippen LogP contribution in [0.2, 0.25) is 5.02 Å². The first-order valence-corrected chi connectivity index (χ1v) is 12.1. The third kappa shape index (κ3) is 6.36. The number of nitrogens with zero attached hydrogens (tertiary/aromatic N) is 2. The number of aromatic nitrogens is 3. The predicted molar refractivity (Wildman–Crippen MR) is 132 cm³/mol. The molecular formula is C24H21ClN5O3S-. The van der Waals surface area contributed by atoms with E-state index in [2.05, 4.69) is 25.8 Å². The Morgan fingerprint density at radius 3 is 2.59 bits per heavy atom. The summed E-state index contributed by atoms with van der Waals surface area (Å²) in [6, 6.07) is 21.8. The van der Waals surface area contributed by atoms with Crippen molar-refractivity contribution >= 4 is 34.3 Å². The average molecular weight is 495 g/mol. The maximum absolute atomic E-state index is 12.7. The second kappa shape index (κ2) is 11.2. The van der Waals surface area contributed by atoms with Crippen LogP contribution in [0.15, 0.2) is 72.8 Å². The van der Waals surface area contributed by atoms with E-state index >= 15 is 0 Å². The van der Waals surface area contributed by atoms with Crippen molar-refractivity contribution in [3.8, 4) is 22.8 Å². The second-order valence-electron chi connectivity index (χ2n) is 7.43. The topological polar surface area (TPSA) is 123 Å². The molecule has 0 saturated heterocycles. The van der Waals surface area contributed by atoms with E-state index in [4.69, 9.17) is 11.6 Å².